The second-order valence-electron chi connectivity index (χ2n) is 4.72. The molecule has 0 bridgehead atoms. The van der Waals surface area contributed by atoms with E-state index in [1.807, 2.05) is 6.07 Å². The van der Waals surface area contributed by atoms with E-state index in [1.54, 1.807) is 0 Å². The van der Waals surface area contributed by atoms with Gasteiger partial charge in [-0.15, -0.1) is 0 Å². The first-order chi connectivity index (χ1) is 8.36. The number of halogens is 3. The first-order valence-electron chi connectivity index (χ1n) is 5.51. The predicted octanol–water partition coefficient (Wildman–Crippen LogP) is 2.56. The summed E-state index contributed by atoms with van der Waals surface area (Å²) in [6, 6.07) is 3.72. The van der Waals surface area contributed by atoms with Gasteiger partial charge in [0.25, 0.3) is 5.56 Å². The molecule has 1 aromatic rings. The lowest BCUT2D eigenvalue weighted by Gasteiger charge is -2.15. The van der Waals surface area contributed by atoms with E-state index in [-0.39, 0.29) is 18.4 Å². The van der Waals surface area contributed by atoms with E-state index in [1.165, 1.54) is 0 Å². The van der Waals surface area contributed by atoms with Crippen LogP contribution < -0.4 is 5.56 Å². The average Bonchev–Trinajstić information content (AvgIpc) is 3.00. The maximum atomic E-state index is 12.5. The van der Waals surface area contributed by atoms with Crippen molar-refractivity contribution in [3.8, 4) is 6.07 Å². The van der Waals surface area contributed by atoms with Crippen LogP contribution in [0.2, 0.25) is 0 Å². The smallest absolute Gasteiger partial charge is 0.314 e. The molecular formula is C12H11F3N2O. The third-order valence-corrected chi connectivity index (χ3v) is 3.23. The van der Waals surface area contributed by atoms with E-state index < -0.39 is 17.3 Å². The predicted molar refractivity (Wildman–Crippen MR) is 57.6 cm³/mol. The number of aromatic nitrogens is 1. The highest BCUT2D eigenvalue weighted by atomic mass is 19.4. The number of nitriles is 1. The molecule has 18 heavy (non-hydrogen) atoms. The summed E-state index contributed by atoms with van der Waals surface area (Å²) < 4.78 is 38.6. The molecule has 0 saturated heterocycles. The van der Waals surface area contributed by atoms with Crippen LogP contribution in [0.1, 0.15) is 24.8 Å². The summed E-state index contributed by atoms with van der Waals surface area (Å²) in [7, 11) is 0. The van der Waals surface area contributed by atoms with Gasteiger partial charge in [0.1, 0.15) is 0 Å². The molecule has 1 saturated carbocycles. The zero-order valence-corrected chi connectivity index (χ0v) is 9.50. The lowest BCUT2D eigenvalue weighted by atomic mass is 10.0. The lowest BCUT2D eigenvalue weighted by molar-refractivity contribution is -0.138. The summed E-state index contributed by atoms with van der Waals surface area (Å²) in [4.78, 5) is 11.5. The summed E-state index contributed by atoms with van der Waals surface area (Å²) in [5.41, 5.74) is -1.61. The zero-order chi connectivity index (χ0) is 13.4. The first-order valence-corrected chi connectivity index (χ1v) is 5.51. The molecule has 0 atom stereocenters. The summed E-state index contributed by atoms with van der Waals surface area (Å²) >= 11 is 0. The summed E-state index contributed by atoms with van der Waals surface area (Å²) in [5, 5.41) is 8.66. The van der Waals surface area contributed by atoms with Gasteiger partial charge in [-0.2, -0.15) is 18.4 Å². The maximum Gasteiger partial charge on any atom is 0.417 e. The fourth-order valence-electron chi connectivity index (χ4n) is 1.92. The van der Waals surface area contributed by atoms with Gasteiger partial charge in [0, 0.05) is 30.6 Å². The van der Waals surface area contributed by atoms with E-state index in [4.69, 9.17) is 5.26 Å². The third-order valence-electron chi connectivity index (χ3n) is 3.23. The van der Waals surface area contributed by atoms with Crippen molar-refractivity contribution in [2.45, 2.75) is 32.0 Å². The number of hydrogen-bond donors (Lipinski definition) is 0. The van der Waals surface area contributed by atoms with Crippen LogP contribution >= 0.6 is 0 Å². The van der Waals surface area contributed by atoms with E-state index in [0.717, 1.165) is 35.7 Å². The summed E-state index contributed by atoms with van der Waals surface area (Å²) in [6.45, 7) is 0.184. The molecule has 0 N–H and O–H groups in total. The van der Waals surface area contributed by atoms with E-state index in [0.29, 0.717) is 0 Å². The van der Waals surface area contributed by atoms with Crippen molar-refractivity contribution in [1.29, 1.82) is 5.26 Å². The molecule has 96 valence electrons. The van der Waals surface area contributed by atoms with Crippen LogP contribution in [0.4, 0.5) is 13.2 Å². The van der Waals surface area contributed by atoms with Crippen LogP contribution in [0.25, 0.3) is 0 Å². The van der Waals surface area contributed by atoms with Crippen LogP contribution in [0, 0.1) is 16.7 Å². The second kappa shape index (κ2) is 4.16. The molecule has 1 aliphatic carbocycles. The Morgan fingerprint density at radius 2 is 2.06 bits per heavy atom. The molecule has 0 radical (unpaired) electrons. The monoisotopic (exact) mass is 256 g/mol. The molecule has 3 nitrogen and oxygen atoms in total. The van der Waals surface area contributed by atoms with Crippen molar-refractivity contribution < 1.29 is 13.2 Å². The van der Waals surface area contributed by atoms with Gasteiger partial charge in [0.05, 0.1) is 11.6 Å². The van der Waals surface area contributed by atoms with Crippen molar-refractivity contribution >= 4 is 0 Å². The Balaban J connectivity index is 2.29. The van der Waals surface area contributed by atoms with Gasteiger partial charge in [0.2, 0.25) is 0 Å². The Morgan fingerprint density at radius 1 is 1.39 bits per heavy atom. The Labute approximate surface area is 101 Å². The van der Waals surface area contributed by atoms with E-state index >= 15 is 0 Å². The fourth-order valence-corrected chi connectivity index (χ4v) is 1.92. The minimum atomic E-state index is -4.46. The van der Waals surface area contributed by atoms with Gasteiger partial charge < -0.3 is 4.57 Å². The zero-order valence-electron chi connectivity index (χ0n) is 9.50. The average molecular weight is 256 g/mol. The Morgan fingerprint density at radius 3 is 2.56 bits per heavy atom. The number of rotatable bonds is 3. The van der Waals surface area contributed by atoms with Crippen molar-refractivity contribution in [3.05, 3.63) is 34.2 Å². The van der Waals surface area contributed by atoms with Gasteiger partial charge in [0.15, 0.2) is 0 Å². The van der Waals surface area contributed by atoms with E-state index in [2.05, 4.69) is 0 Å². The molecule has 1 aromatic heterocycles. The van der Waals surface area contributed by atoms with Crippen LogP contribution in [-0.4, -0.2) is 4.57 Å². The van der Waals surface area contributed by atoms with Crippen LogP contribution in [0.15, 0.2) is 23.1 Å². The van der Waals surface area contributed by atoms with Crippen molar-refractivity contribution in [1.82, 2.24) is 4.57 Å². The fraction of sp³-hybridized carbons (Fsp3) is 0.500. The highest BCUT2D eigenvalue weighted by Gasteiger charge is 2.43. The topological polar surface area (TPSA) is 45.8 Å². The quantitative estimate of drug-likeness (QED) is 0.834. The molecule has 0 unspecified atom stereocenters. The molecule has 6 heteroatoms. The van der Waals surface area contributed by atoms with Crippen molar-refractivity contribution in [2.24, 2.45) is 5.41 Å². The van der Waals surface area contributed by atoms with Crippen LogP contribution in [-0.2, 0) is 12.7 Å². The minimum absolute atomic E-state index is 0.184. The van der Waals surface area contributed by atoms with Gasteiger partial charge >= 0.3 is 6.18 Å². The standard InChI is InChI=1S/C12H11F3N2O/c13-12(14,15)9-1-2-10(18)17(7-9)8-11(3-4-11)5-6-16/h1-2,7H,3-5,8H2. The Bertz CT molecular complexity index is 550. The third kappa shape index (κ3) is 2.55. The number of nitrogens with zero attached hydrogens (tertiary/aromatic N) is 2. The number of pyridine rings is 1. The van der Waals surface area contributed by atoms with Gasteiger partial charge in [-0.1, -0.05) is 0 Å². The molecule has 1 fully saturated rings. The Kier molecular flexibility index (Phi) is 2.93. The first kappa shape index (κ1) is 12.7. The molecule has 0 spiro atoms. The van der Waals surface area contributed by atoms with Gasteiger partial charge in [-0.25, -0.2) is 0 Å². The molecule has 0 aromatic carbocycles. The highest BCUT2D eigenvalue weighted by Crippen LogP contribution is 2.49. The molecule has 2 rings (SSSR count). The Hall–Kier alpha value is -1.77. The number of hydrogen-bond acceptors (Lipinski definition) is 2. The summed E-state index contributed by atoms with van der Waals surface area (Å²) in [6.07, 6.45) is -1.79. The van der Waals surface area contributed by atoms with Gasteiger partial charge in [-0.3, -0.25) is 4.79 Å². The van der Waals surface area contributed by atoms with Crippen molar-refractivity contribution in [3.63, 3.8) is 0 Å². The molecule has 1 heterocycles. The molecule has 0 aliphatic heterocycles. The lowest BCUT2D eigenvalue weighted by Crippen LogP contribution is -2.25. The molecule has 1 aliphatic rings. The normalized spacial score (nSPS) is 17.2. The van der Waals surface area contributed by atoms with Crippen molar-refractivity contribution in [2.75, 3.05) is 0 Å². The minimum Gasteiger partial charge on any atom is -0.314 e. The maximum absolute atomic E-state index is 12.5. The van der Waals surface area contributed by atoms with Crippen LogP contribution in [0.5, 0.6) is 0 Å². The molecule has 0 amide bonds. The second-order valence-corrected chi connectivity index (χ2v) is 4.72. The largest absolute Gasteiger partial charge is 0.417 e. The highest BCUT2D eigenvalue weighted by molar-refractivity contribution is 5.14. The van der Waals surface area contributed by atoms with Crippen LogP contribution in [0.3, 0.4) is 0 Å². The number of alkyl halides is 3. The van der Waals surface area contributed by atoms with Gasteiger partial charge in [-0.05, 0) is 18.9 Å². The van der Waals surface area contributed by atoms with E-state index in [9.17, 15) is 18.0 Å². The molecular weight excluding hydrogens is 245 g/mol. The SMILES string of the molecule is N#CCC1(Cn2cc(C(F)(F)F)ccc2=O)CC1. The summed E-state index contributed by atoms with van der Waals surface area (Å²) in [5.74, 6) is 0.